The first-order chi connectivity index (χ1) is 14.0. The molecule has 4 rings (SSSR count). The monoisotopic (exact) mass is 451 g/mol. The van der Waals surface area contributed by atoms with E-state index >= 15 is 0 Å². The summed E-state index contributed by atoms with van der Waals surface area (Å²) in [4.78, 5) is 28.6. The zero-order chi connectivity index (χ0) is 20.5. The van der Waals surface area contributed by atoms with Gasteiger partial charge in [0.1, 0.15) is 11.3 Å². The van der Waals surface area contributed by atoms with Gasteiger partial charge in [-0.2, -0.15) is 0 Å². The second kappa shape index (κ2) is 8.16. The largest absolute Gasteiger partial charge is 0.441 e. The molecule has 2 fully saturated rings. The summed E-state index contributed by atoms with van der Waals surface area (Å²) in [7, 11) is 0. The van der Waals surface area contributed by atoms with Gasteiger partial charge in [-0.05, 0) is 36.5 Å². The predicted molar refractivity (Wildman–Crippen MR) is 114 cm³/mol. The van der Waals surface area contributed by atoms with E-state index in [1.54, 1.807) is 30.3 Å². The van der Waals surface area contributed by atoms with Gasteiger partial charge in [0.05, 0.1) is 28.9 Å². The van der Waals surface area contributed by atoms with E-state index in [1.807, 2.05) is 4.90 Å². The molecule has 2 amide bonds. The topological polar surface area (TPSA) is 75.0 Å². The predicted octanol–water partition coefficient (Wildman–Crippen LogP) is 3.25. The summed E-state index contributed by atoms with van der Waals surface area (Å²) in [5, 5.41) is 2.86. The molecule has 150 valence electrons. The minimum Gasteiger partial charge on any atom is -0.441 e. The van der Waals surface area contributed by atoms with Crippen molar-refractivity contribution in [2.45, 2.75) is 0 Å². The molecular weight excluding hydrogens is 437 g/mol. The van der Waals surface area contributed by atoms with Crippen molar-refractivity contribution in [3.63, 3.8) is 0 Å². The molecule has 0 radical (unpaired) electrons. The molecule has 1 aromatic heterocycles. The van der Waals surface area contributed by atoms with E-state index in [2.05, 4.69) is 5.32 Å². The number of carbonyl (C=O) groups is 2. The van der Waals surface area contributed by atoms with Crippen LogP contribution in [0.4, 0.5) is 11.6 Å². The van der Waals surface area contributed by atoms with Crippen molar-refractivity contribution < 1.29 is 18.7 Å². The fourth-order valence-electron chi connectivity index (χ4n) is 3.06. The molecule has 1 N–H and O–H groups in total. The second-order valence-electron chi connectivity index (χ2n) is 6.31. The summed E-state index contributed by atoms with van der Waals surface area (Å²) in [5.74, 6) is -0.213. The molecule has 7 nitrogen and oxygen atoms in total. The van der Waals surface area contributed by atoms with Crippen LogP contribution in [-0.2, 0) is 14.3 Å². The van der Waals surface area contributed by atoms with Crippen molar-refractivity contribution in [3.8, 4) is 0 Å². The maximum absolute atomic E-state index is 13.1. The highest BCUT2D eigenvalue weighted by Gasteiger charge is 2.36. The Morgan fingerprint density at radius 1 is 1.10 bits per heavy atom. The lowest BCUT2D eigenvalue weighted by atomic mass is 10.1. The van der Waals surface area contributed by atoms with Gasteiger partial charge in [-0.15, -0.1) is 0 Å². The lowest BCUT2D eigenvalue weighted by Crippen LogP contribution is -2.54. The van der Waals surface area contributed by atoms with E-state index in [9.17, 15) is 9.59 Å². The van der Waals surface area contributed by atoms with Gasteiger partial charge < -0.3 is 14.1 Å². The average Bonchev–Trinajstić information content (AvgIpc) is 3.18. The number of halogens is 2. The summed E-state index contributed by atoms with van der Waals surface area (Å²) >= 11 is 17.5. The molecule has 1 aromatic carbocycles. The van der Waals surface area contributed by atoms with Crippen LogP contribution >= 0.6 is 35.4 Å². The van der Waals surface area contributed by atoms with Crippen LogP contribution in [0.5, 0.6) is 0 Å². The first kappa shape index (κ1) is 19.9. The van der Waals surface area contributed by atoms with Crippen molar-refractivity contribution in [2.75, 3.05) is 36.1 Å². The number of hydrogen-bond acceptors (Lipinski definition) is 6. The first-order valence-electron chi connectivity index (χ1n) is 8.73. The second-order valence-corrected chi connectivity index (χ2v) is 7.48. The van der Waals surface area contributed by atoms with Gasteiger partial charge in [0.2, 0.25) is 0 Å². The van der Waals surface area contributed by atoms with Gasteiger partial charge in [0.15, 0.2) is 11.0 Å². The summed E-state index contributed by atoms with van der Waals surface area (Å²) in [6.45, 7) is 2.64. The van der Waals surface area contributed by atoms with E-state index in [4.69, 9.17) is 44.6 Å². The van der Waals surface area contributed by atoms with Crippen LogP contribution in [0, 0.1) is 0 Å². The van der Waals surface area contributed by atoms with Crippen molar-refractivity contribution in [1.29, 1.82) is 0 Å². The molecule has 0 atom stereocenters. The Morgan fingerprint density at radius 3 is 2.62 bits per heavy atom. The Morgan fingerprint density at radius 2 is 1.86 bits per heavy atom. The smallest absolute Gasteiger partial charge is 0.270 e. The van der Waals surface area contributed by atoms with Crippen LogP contribution in [0.15, 0.2) is 40.3 Å². The van der Waals surface area contributed by atoms with Gasteiger partial charge in [-0.25, -0.2) is 0 Å². The third kappa shape index (κ3) is 3.89. The van der Waals surface area contributed by atoms with Crippen molar-refractivity contribution in [3.05, 3.63) is 51.7 Å². The Kier molecular flexibility index (Phi) is 5.60. The fourth-order valence-corrected chi connectivity index (χ4v) is 3.71. The number of nitrogens with one attached hydrogen (secondary N) is 1. The van der Waals surface area contributed by atoms with Crippen LogP contribution in [-0.4, -0.2) is 43.2 Å². The lowest BCUT2D eigenvalue weighted by molar-refractivity contribution is -0.122. The number of carbonyl (C=O) groups excluding carboxylic acids is 2. The number of morpholine rings is 1. The van der Waals surface area contributed by atoms with E-state index in [0.29, 0.717) is 37.9 Å². The SMILES string of the molecule is O=C1NC(=S)N(c2cccc(Cl)c2Cl)C(=O)/C1=C\c1ccc(N2CCOCC2)o1. The lowest BCUT2D eigenvalue weighted by Gasteiger charge is -2.29. The molecule has 2 saturated heterocycles. The van der Waals surface area contributed by atoms with Crippen LogP contribution in [0.25, 0.3) is 6.08 Å². The normalized spacial score (nSPS) is 19.1. The van der Waals surface area contributed by atoms with Gasteiger partial charge in [0, 0.05) is 19.2 Å². The molecule has 29 heavy (non-hydrogen) atoms. The molecule has 0 aliphatic carbocycles. The van der Waals surface area contributed by atoms with Crippen molar-refractivity contribution in [1.82, 2.24) is 5.32 Å². The quantitative estimate of drug-likeness (QED) is 0.438. The van der Waals surface area contributed by atoms with Gasteiger partial charge >= 0.3 is 0 Å². The highest BCUT2D eigenvalue weighted by molar-refractivity contribution is 7.80. The number of amides is 2. The Labute approximate surface area is 181 Å². The van der Waals surface area contributed by atoms with Crippen LogP contribution in [0.2, 0.25) is 10.0 Å². The maximum Gasteiger partial charge on any atom is 0.270 e. The zero-order valence-corrected chi connectivity index (χ0v) is 17.3. The van der Waals surface area contributed by atoms with E-state index in [-0.39, 0.29) is 26.4 Å². The maximum atomic E-state index is 13.1. The highest BCUT2D eigenvalue weighted by atomic mass is 35.5. The van der Waals surface area contributed by atoms with E-state index in [0.717, 1.165) is 4.90 Å². The summed E-state index contributed by atoms with van der Waals surface area (Å²) in [6.07, 6.45) is 1.38. The number of ether oxygens (including phenoxy) is 1. The number of benzene rings is 1. The standard InChI is InChI=1S/C19H15Cl2N3O4S/c20-13-2-1-3-14(16(13)21)24-18(26)12(17(25)22-19(24)29)10-11-4-5-15(28-11)23-6-8-27-9-7-23/h1-5,10H,6-9H2,(H,22,25,29)/b12-10-. The Balaban J connectivity index is 1.65. The fraction of sp³-hybridized carbons (Fsp3) is 0.211. The molecule has 2 aromatic rings. The van der Waals surface area contributed by atoms with E-state index in [1.165, 1.54) is 6.08 Å². The van der Waals surface area contributed by atoms with Crippen LogP contribution < -0.4 is 15.1 Å². The van der Waals surface area contributed by atoms with Gasteiger partial charge in [-0.1, -0.05) is 29.3 Å². The molecule has 0 saturated carbocycles. The Hall–Kier alpha value is -2.39. The minimum absolute atomic E-state index is 0.0743. The van der Waals surface area contributed by atoms with Crippen LogP contribution in [0.3, 0.4) is 0 Å². The molecule has 2 aliphatic heterocycles. The third-order valence-corrected chi connectivity index (χ3v) is 5.59. The number of furan rings is 1. The number of rotatable bonds is 3. The number of nitrogens with zero attached hydrogens (tertiary/aromatic N) is 2. The summed E-state index contributed by atoms with van der Waals surface area (Å²) < 4.78 is 11.1. The number of anilines is 2. The van der Waals surface area contributed by atoms with Crippen molar-refractivity contribution >= 4 is 70.0 Å². The van der Waals surface area contributed by atoms with Crippen LogP contribution in [0.1, 0.15) is 5.76 Å². The minimum atomic E-state index is -0.618. The first-order valence-corrected chi connectivity index (χ1v) is 9.90. The molecule has 10 heteroatoms. The molecule has 2 aliphatic rings. The summed E-state index contributed by atoms with van der Waals surface area (Å²) in [6, 6.07) is 8.31. The molecular formula is C19H15Cl2N3O4S. The molecule has 0 unspecified atom stereocenters. The molecule has 3 heterocycles. The highest BCUT2D eigenvalue weighted by Crippen LogP contribution is 2.34. The molecule has 0 spiro atoms. The number of thiocarbonyl (C=S) groups is 1. The molecule has 0 bridgehead atoms. The van der Waals surface area contributed by atoms with E-state index < -0.39 is 11.8 Å². The third-order valence-electron chi connectivity index (χ3n) is 4.50. The zero-order valence-electron chi connectivity index (χ0n) is 15.0. The average molecular weight is 452 g/mol. The Bertz CT molecular complexity index is 1030. The number of hydrogen-bond donors (Lipinski definition) is 1. The van der Waals surface area contributed by atoms with Crippen molar-refractivity contribution in [2.24, 2.45) is 0 Å². The van der Waals surface area contributed by atoms with Gasteiger partial charge in [0.25, 0.3) is 11.8 Å². The summed E-state index contributed by atoms with van der Waals surface area (Å²) in [5.41, 5.74) is 0.158. The van der Waals surface area contributed by atoms with Gasteiger partial charge in [-0.3, -0.25) is 19.8 Å².